The zero-order valence-corrected chi connectivity index (χ0v) is 10.5. The van der Waals surface area contributed by atoms with Crippen LogP contribution in [0.25, 0.3) is 10.8 Å². The Kier molecular flexibility index (Phi) is 5.27. The number of rotatable bonds is 2. The van der Waals surface area contributed by atoms with Crippen LogP contribution in [0.15, 0.2) is 42.5 Å². The highest BCUT2D eigenvalue weighted by Gasteiger charge is 1.94. The Morgan fingerprint density at radius 3 is 2.27 bits per heavy atom. The van der Waals surface area contributed by atoms with Crippen molar-refractivity contribution in [2.75, 3.05) is 6.26 Å². The van der Waals surface area contributed by atoms with Crippen molar-refractivity contribution in [2.24, 2.45) is 0 Å². The largest absolute Gasteiger partial charge is 0.161 e. The molecule has 1 heteroatoms. The summed E-state index contributed by atoms with van der Waals surface area (Å²) in [6.07, 6.45) is 2.13. The first-order valence-electron chi connectivity index (χ1n) is 5.37. The molecule has 15 heavy (non-hydrogen) atoms. The van der Waals surface area contributed by atoms with E-state index in [4.69, 9.17) is 0 Å². The summed E-state index contributed by atoms with van der Waals surface area (Å²) in [7, 11) is 0. The molecule has 0 bridgehead atoms. The van der Waals surface area contributed by atoms with Gasteiger partial charge in [0, 0.05) is 5.75 Å². The Morgan fingerprint density at radius 2 is 1.60 bits per heavy atom. The standard InChI is InChI=1S/C12H12S.C2H6/c1-13-9-10-6-7-11-4-2-3-5-12(11)8-10;1-2/h2-8H,9H2,1H3;1-2H3. The van der Waals surface area contributed by atoms with Crippen molar-refractivity contribution in [3.63, 3.8) is 0 Å². The summed E-state index contributed by atoms with van der Waals surface area (Å²) < 4.78 is 0. The van der Waals surface area contributed by atoms with E-state index in [9.17, 15) is 0 Å². The van der Waals surface area contributed by atoms with Gasteiger partial charge in [-0.3, -0.25) is 0 Å². The maximum atomic E-state index is 2.27. The van der Waals surface area contributed by atoms with Crippen LogP contribution < -0.4 is 0 Å². The zero-order chi connectivity index (χ0) is 11.1. The van der Waals surface area contributed by atoms with E-state index < -0.39 is 0 Å². The van der Waals surface area contributed by atoms with Crippen molar-refractivity contribution in [2.45, 2.75) is 19.6 Å². The monoisotopic (exact) mass is 218 g/mol. The molecule has 0 saturated heterocycles. The summed E-state index contributed by atoms with van der Waals surface area (Å²) in [6.45, 7) is 4.00. The molecule has 0 nitrogen and oxygen atoms in total. The first-order valence-corrected chi connectivity index (χ1v) is 6.76. The molecule has 0 spiro atoms. The molecular formula is C14H18S. The molecule has 0 aliphatic carbocycles. The van der Waals surface area contributed by atoms with E-state index in [2.05, 4.69) is 48.7 Å². The molecule has 0 aliphatic rings. The van der Waals surface area contributed by atoms with Crippen LogP contribution in [0.5, 0.6) is 0 Å². The lowest BCUT2D eigenvalue weighted by Gasteiger charge is -2.01. The van der Waals surface area contributed by atoms with Crippen molar-refractivity contribution in [3.8, 4) is 0 Å². The molecule has 2 rings (SSSR count). The van der Waals surface area contributed by atoms with Crippen LogP contribution in [0.2, 0.25) is 0 Å². The summed E-state index contributed by atoms with van der Waals surface area (Å²) in [5, 5.41) is 2.67. The number of benzene rings is 2. The van der Waals surface area contributed by atoms with E-state index in [1.165, 1.54) is 16.3 Å². The molecule has 0 saturated carbocycles. The van der Waals surface area contributed by atoms with Gasteiger partial charge >= 0.3 is 0 Å². The second-order valence-corrected chi connectivity index (χ2v) is 3.98. The number of thioether (sulfide) groups is 1. The van der Waals surface area contributed by atoms with Crippen molar-refractivity contribution < 1.29 is 0 Å². The molecule has 0 fully saturated rings. The Labute approximate surface area is 96.7 Å². The topological polar surface area (TPSA) is 0 Å². The van der Waals surface area contributed by atoms with Gasteiger partial charge in [-0.15, -0.1) is 0 Å². The maximum absolute atomic E-state index is 2.27. The average molecular weight is 218 g/mol. The lowest BCUT2D eigenvalue weighted by Crippen LogP contribution is -1.79. The van der Waals surface area contributed by atoms with Crippen LogP contribution in [0.3, 0.4) is 0 Å². The number of fused-ring (bicyclic) bond motifs is 1. The molecular weight excluding hydrogens is 200 g/mol. The molecule has 0 unspecified atom stereocenters. The minimum Gasteiger partial charge on any atom is -0.161 e. The normalized spacial score (nSPS) is 9.53. The fourth-order valence-corrected chi connectivity index (χ4v) is 2.01. The molecule has 2 aromatic rings. The van der Waals surface area contributed by atoms with Crippen LogP contribution in [0.1, 0.15) is 19.4 Å². The quantitative estimate of drug-likeness (QED) is 0.702. The molecule has 0 radical (unpaired) electrons. The SMILES string of the molecule is CC.CSCc1ccc2ccccc2c1. The lowest BCUT2D eigenvalue weighted by atomic mass is 10.1. The van der Waals surface area contributed by atoms with Gasteiger partial charge in [-0.2, -0.15) is 11.8 Å². The van der Waals surface area contributed by atoms with Crippen molar-refractivity contribution in [1.82, 2.24) is 0 Å². The highest BCUT2D eigenvalue weighted by Crippen LogP contribution is 2.17. The van der Waals surface area contributed by atoms with Gasteiger partial charge < -0.3 is 0 Å². The van der Waals surface area contributed by atoms with Crippen LogP contribution >= 0.6 is 11.8 Å². The molecule has 0 aliphatic heterocycles. The predicted octanol–water partition coefficient (Wildman–Crippen LogP) is 4.73. The van der Waals surface area contributed by atoms with E-state index in [1.54, 1.807) is 0 Å². The summed E-state index contributed by atoms with van der Waals surface area (Å²) in [5.41, 5.74) is 1.41. The fourth-order valence-electron chi connectivity index (χ4n) is 1.50. The minimum atomic E-state index is 1.10. The van der Waals surface area contributed by atoms with Crippen LogP contribution in [0, 0.1) is 0 Å². The number of hydrogen-bond acceptors (Lipinski definition) is 1. The minimum absolute atomic E-state index is 1.10. The van der Waals surface area contributed by atoms with Crippen molar-refractivity contribution in [1.29, 1.82) is 0 Å². The second-order valence-electron chi connectivity index (χ2n) is 3.11. The third-order valence-electron chi connectivity index (χ3n) is 2.12. The highest BCUT2D eigenvalue weighted by molar-refractivity contribution is 7.97. The summed E-state index contributed by atoms with van der Waals surface area (Å²) in [5.74, 6) is 1.10. The predicted molar refractivity (Wildman–Crippen MR) is 72.5 cm³/mol. The second kappa shape index (κ2) is 6.52. The van der Waals surface area contributed by atoms with E-state index in [0.717, 1.165) is 5.75 Å². The van der Waals surface area contributed by atoms with Gasteiger partial charge in [0.25, 0.3) is 0 Å². The van der Waals surface area contributed by atoms with Gasteiger partial charge in [0.15, 0.2) is 0 Å². The van der Waals surface area contributed by atoms with E-state index in [1.807, 2.05) is 25.6 Å². The zero-order valence-electron chi connectivity index (χ0n) is 9.66. The van der Waals surface area contributed by atoms with Gasteiger partial charge in [-0.25, -0.2) is 0 Å². The summed E-state index contributed by atoms with van der Waals surface area (Å²) in [4.78, 5) is 0. The van der Waals surface area contributed by atoms with Gasteiger partial charge in [0.05, 0.1) is 0 Å². The Hall–Kier alpha value is -0.950. The summed E-state index contributed by atoms with van der Waals surface area (Å²) in [6, 6.07) is 15.2. The van der Waals surface area contributed by atoms with Gasteiger partial charge in [0.2, 0.25) is 0 Å². The molecule has 2 aromatic carbocycles. The van der Waals surface area contributed by atoms with Gasteiger partial charge in [-0.1, -0.05) is 56.3 Å². The fraction of sp³-hybridized carbons (Fsp3) is 0.286. The molecule has 0 N–H and O–H groups in total. The van der Waals surface area contributed by atoms with Crippen LogP contribution in [0.4, 0.5) is 0 Å². The van der Waals surface area contributed by atoms with Gasteiger partial charge in [-0.05, 0) is 22.6 Å². The number of hydrogen-bond donors (Lipinski definition) is 0. The highest BCUT2D eigenvalue weighted by atomic mass is 32.2. The van der Waals surface area contributed by atoms with E-state index in [-0.39, 0.29) is 0 Å². The van der Waals surface area contributed by atoms with E-state index >= 15 is 0 Å². The maximum Gasteiger partial charge on any atom is 0.0182 e. The Bertz CT molecular complexity index is 407. The molecule has 0 aromatic heterocycles. The first kappa shape index (κ1) is 12.1. The molecule has 0 atom stereocenters. The smallest absolute Gasteiger partial charge is 0.0182 e. The van der Waals surface area contributed by atoms with Crippen LogP contribution in [-0.4, -0.2) is 6.26 Å². The lowest BCUT2D eigenvalue weighted by molar-refractivity contribution is 1.44. The van der Waals surface area contributed by atoms with Crippen molar-refractivity contribution >= 4 is 22.5 Å². The third kappa shape index (κ3) is 3.28. The molecule has 0 heterocycles. The average Bonchev–Trinajstić information content (AvgIpc) is 2.32. The Balaban J connectivity index is 0.000000531. The third-order valence-corrected chi connectivity index (χ3v) is 2.75. The first-order chi connectivity index (χ1) is 7.40. The van der Waals surface area contributed by atoms with Crippen molar-refractivity contribution in [3.05, 3.63) is 48.0 Å². The Morgan fingerprint density at radius 1 is 0.933 bits per heavy atom. The van der Waals surface area contributed by atoms with E-state index in [0.29, 0.717) is 0 Å². The molecule has 0 amide bonds. The van der Waals surface area contributed by atoms with Gasteiger partial charge in [0.1, 0.15) is 0 Å². The summed E-state index contributed by atoms with van der Waals surface area (Å²) >= 11 is 1.86. The molecule has 80 valence electrons. The van der Waals surface area contributed by atoms with Crippen LogP contribution in [-0.2, 0) is 5.75 Å².